The fraction of sp³-hybridized carbons (Fsp3) is 0.538. The van der Waals surface area contributed by atoms with Crippen molar-refractivity contribution in [2.24, 2.45) is 5.92 Å². The van der Waals surface area contributed by atoms with Crippen molar-refractivity contribution in [1.29, 1.82) is 0 Å². The van der Waals surface area contributed by atoms with Crippen LogP contribution in [0.1, 0.15) is 52.4 Å². The summed E-state index contributed by atoms with van der Waals surface area (Å²) in [6.07, 6.45) is 1.01. The summed E-state index contributed by atoms with van der Waals surface area (Å²) >= 11 is 0. The van der Waals surface area contributed by atoms with Crippen LogP contribution < -0.4 is 26.6 Å². The van der Waals surface area contributed by atoms with Gasteiger partial charge in [0.1, 0.15) is 24.5 Å². The van der Waals surface area contributed by atoms with Gasteiger partial charge in [-0.25, -0.2) is 9.67 Å². The van der Waals surface area contributed by atoms with Gasteiger partial charge in [0.15, 0.2) is 5.82 Å². The van der Waals surface area contributed by atoms with Gasteiger partial charge in [-0.05, 0) is 39.2 Å². The predicted molar refractivity (Wildman–Crippen MR) is 142 cm³/mol. The Bertz CT molecular complexity index is 1120. The lowest BCUT2D eigenvalue weighted by Crippen LogP contribution is -2.54. The highest BCUT2D eigenvalue weighted by atomic mass is 16.2. The molecule has 0 saturated carbocycles. The molecule has 0 unspecified atom stereocenters. The van der Waals surface area contributed by atoms with E-state index < -0.39 is 29.9 Å². The standard InChI is InChI=1S/C26H38N8O4/c1-16(2)13-20-26(38)30-17(3)24-32-23(19-9-6-5-7-10-19)33-34(24)15-22(36)28-12-8-11-27-14-21(35)29-18(4)25(37)31-20/h5-7,9-10,16-18,20,27H,8,11-15H2,1-4H3,(H,28,36)(H,29,35)(H,30,38)(H,31,37)/t17-,18+,20+/m0/s1. The first kappa shape index (κ1) is 28.8. The second kappa shape index (κ2) is 13.7. The molecule has 1 aromatic heterocycles. The van der Waals surface area contributed by atoms with Crippen molar-refractivity contribution in [2.75, 3.05) is 19.6 Å². The largest absolute Gasteiger partial charge is 0.354 e. The Labute approximate surface area is 222 Å². The van der Waals surface area contributed by atoms with E-state index in [2.05, 4.69) is 36.7 Å². The molecule has 4 amide bonds. The van der Waals surface area contributed by atoms with Crippen molar-refractivity contribution in [3.05, 3.63) is 36.2 Å². The highest BCUT2D eigenvalue weighted by Gasteiger charge is 2.28. The lowest BCUT2D eigenvalue weighted by atomic mass is 10.0. The molecule has 0 saturated heterocycles. The van der Waals surface area contributed by atoms with Crippen LogP contribution in [0.5, 0.6) is 0 Å². The molecule has 0 aliphatic carbocycles. The van der Waals surface area contributed by atoms with Crippen molar-refractivity contribution in [3.63, 3.8) is 0 Å². The van der Waals surface area contributed by atoms with Crippen LogP contribution in [0.4, 0.5) is 0 Å². The van der Waals surface area contributed by atoms with Gasteiger partial charge in [-0.3, -0.25) is 19.2 Å². The normalized spacial score (nSPS) is 22.7. The van der Waals surface area contributed by atoms with Crippen LogP contribution in [0.15, 0.2) is 30.3 Å². The molecule has 3 rings (SSSR count). The molecular weight excluding hydrogens is 488 g/mol. The molecule has 0 fully saturated rings. The third-order valence-corrected chi connectivity index (χ3v) is 6.02. The van der Waals surface area contributed by atoms with Crippen LogP contribution in [-0.2, 0) is 25.7 Å². The number of amides is 4. The van der Waals surface area contributed by atoms with E-state index >= 15 is 0 Å². The third-order valence-electron chi connectivity index (χ3n) is 6.02. The molecule has 206 valence electrons. The maximum Gasteiger partial charge on any atom is 0.243 e. The molecule has 1 aliphatic rings. The Morgan fingerprint density at radius 2 is 1.66 bits per heavy atom. The number of hydrogen-bond acceptors (Lipinski definition) is 7. The second-order valence-corrected chi connectivity index (χ2v) is 9.91. The summed E-state index contributed by atoms with van der Waals surface area (Å²) in [7, 11) is 0. The van der Waals surface area contributed by atoms with E-state index in [1.54, 1.807) is 13.8 Å². The van der Waals surface area contributed by atoms with Crippen LogP contribution in [0.2, 0.25) is 0 Å². The Morgan fingerprint density at radius 3 is 2.37 bits per heavy atom. The highest BCUT2D eigenvalue weighted by Crippen LogP contribution is 2.19. The maximum absolute atomic E-state index is 13.3. The molecule has 3 atom stereocenters. The summed E-state index contributed by atoms with van der Waals surface area (Å²) in [5, 5.41) is 18.7. The number of hydrogen-bond donors (Lipinski definition) is 5. The second-order valence-electron chi connectivity index (χ2n) is 9.91. The zero-order valence-corrected chi connectivity index (χ0v) is 22.4. The van der Waals surface area contributed by atoms with E-state index in [1.165, 1.54) is 4.68 Å². The quantitative estimate of drug-likeness (QED) is 0.384. The molecule has 2 aromatic rings. The minimum atomic E-state index is -0.822. The molecule has 0 radical (unpaired) electrons. The van der Waals surface area contributed by atoms with E-state index in [1.807, 2.05) is 44.2 Å². The van der Waals surface area contributed by atoms with Gasteiger partial charge in [0, 0.05) is 12.1 Å². The van der Waals surface area contributed by atoms with Crippen LogP contribution in [-0.4, -0.2) is 70.1 Å². The molecule has 0 spiro atoms. The molecular formula is C26H38N8O4. The minimum absolute atomic E-state index is 0.0313. The zero-order valence-electron chi connectivity index (χ0n) is 22.4. The van der Waals surface area contributed by atoms with Gasteiger partial charge in [-0.15, -0.1) is 0 Å². The van der Waals surface area contributed by atoms with Crippen LogP contribution in [0, 0.1) is 5.92 Å². The molecule has 5 N–H and O–H groups in total. The maximum atomic E-state index is 13.3. The van der Waals surface area contributed by atoms with Crippen molar-refractivity contribution in [1.82, 2.24) is 41.3 Å². The summed E-state index contributed by atoms with van der Waals surface area (Å²) in [6.45, 7) is 8.11. The van der Waals surface area contributed by atoms with E-state index in [9.17, 15) is 19.2 Å². The molecule has 0 bridgehead atoms. The summed E-state index contributed by atoms with van der Waals surface area (Å²) in [5.41, 5.74) is 0.785. The van der Waals surface area contributed by atoms with Gasteiger partial charge in [-0.2, -0.15) is 5.10 Å². The summed E-state index contributed by atoms with van der Waals surface area (Å²) in [5.74, 6) is -0.441. The SMILES string of the molecule is CC(C)C[C@H]1NC(=O)[C@@H](C)NC(=O)CNCCCNC(=O)Cn2nc(-c3ccccc3)nc2[C@H](C)NC1=O. The number of nitrogens with zero attached hydrogens (tertiary/aromatic N) is 3. The first-order valence-corrected chi connectivity index (χ1v) is 13.0. The molecule has 38 heavy (non-hydrogen) atoms. The van der Waals surface area contributed by atoms with Crippen molar-refractivity contribution < 1.29 is 19.2 Å². The van der Waals surface area contributed by atoms with Gasteiger partial charge < -0.3 is 26.6 Å². The van der Waals surface area contributed by atoms with Gasteiger partial charge in [0.05, 0.1) is 12.6 Å². The van der Waals surface area contributed by atoms with E-state index in [4.69, 9.17) is 0 Å². The number of carbonyl (C=O) groups excluding carboxylic acids is 4. The highest BCUT2D eigenvalue weighted by molar-refractivity contribution is 5.92. The number of fused-ring (bicyclic) bond motifs is 1. The van der Waals surface area contributed by atoms with Crippen LogP contribution in [0.3, 0.4) is 0 Å². The van der Waals surface area contributed by atoms with E-state index in [0.29, 0.717) is 37.6 Å². The van der Waals surface area contributed by atoms with Crippen LogP contribution >= 0.6 is 0 Å². The Kier molecular flexibility index (Phi) is 10.3. The summed E-state index contributed by atoms with van der Waals surface area (Å²) in [6, 6.07) is 7.14. The van der Waals surface area contributed by atoms with Crippen molar-refractivity contribution in [3.8, 4) is 11.4 Å². The number of aromatic nitrogens is 3. The number of carbonyl (C=O) groups is 4. The fourth-order valence-corrected chi connectivity index (χ4v) is 4.07. The number of nitrogens with one attached hydrogen (secondary N) is 5. The van der Waals surface area contributed by atoms with Gasteiger partial charge in [0.25, 0.3) is 0 Å². The van der Waals surface area contributed by atoms with E-state index in [0.717, 1.165) is 5.56 Å². The molecule has 2 heterocycles. The van der Waals surface area contributed by atoms with Gasteiger partial charge >= 0.3 is 0 Å². The fourth-order valence-electron chi connectivity index (χ4n) is 4.07. The minimum Gasteiger partial charge on any atom is -0.354 e. The molecule has 1 aliphatic heterocycles. The lowest BCUT2D eigenvalue weighted by Gasteiger charge is -2.24. The Morgan fingerprint density at radius 1 is 0.921 bits per heavy atom. The summed E-state index contributed by atoms with van der Waals surface area (Å²) in [4.78, 5) is 55.7. The molecule has 12 heteroatoms. The smallest absolute Gasteiger partial charge is 0.243 e. The monoisotopic (exact) mass is 526 g/mol. The van der Waals surface area contributed by atoms with Crippen LogP contribution in [0.25, 0.3) is 11.4 Å². The van der Waals surface area contributed by atoms with Gasteiger partial charge in [-0.1, -0.05) is 44.2 Å². The lowest BCUT2D eigenvalue weighted by molar-refractivity contribution is -0.132. The van der Waals surface area contributed by atoms with Crippen molar-refractivity contribution >= 4 is 23.6 Å². The summed E-state index contributed by atoms with van der Waals surface area (Å²) < 4.78 is 1.50. The number of rotatable bonds is 3. The third kappa shape index (κ3) is 8.37. The predicted octanol–water partition coefficient (Wildman–Crippen LogP) is 0.267. The Hall–Kier alpha value is -3.80. The first-order valence-electron chi connectivity index (χ1n) is 13.0. The average Bonchev–Trinajstić information content (AvgIpc) is 3.29. The number of benzene rings is 1. The average molecular weight is 527 g/mol. The van der Waals surface area contributed by atoms with Gasteiger partial charge in [0.2, 0.25) is 23.6 Å². The van der Waals surface area contributed by atoms with E-state index in [-0.39, 0.29) is 30.8 Å². The van der Waals surface area contributed by atoms with Crippen molar-refractivity contribution in [2.45, 2.75) is 65.2 Å². The first-order chi connectivity index (χ1) is 18.1. The topological polar surface area (TPSA) is 159 Å². The Balaban J connectivity index is 1.89. The molecule has 1 aromatic carbocycles. The zero-order chi connectivity index (χ0) is 27.7. The molecule has 12 nitrogen and oxygen atoms in total.